The molecule has 3 heteroatoms. The molecule has 1 fully saturated rings. The average Bonchev–Trinajstić information content (AvgIpc) is 2.76. The van der Waals surface area contributed by atoms with Crippen molar-refractivity contribution >= 4 is 0 Å². The van der Waals surface area contributed by atoms with E-state index in [0.29, 0.717) is 11.7 Å². The second kappa shape index (κ2) is 5.41. The second-order valence-corrected chi connectivity index (χ2v) is 4.35. The first-order valence-corrected chi connectivity index (χ1v) is 5.83. The van der Waals surface area contributed by atoms with Crippen LogP contribution >= 0.6 is 0 Å². The molecule has 2 nitrogen and oxygen atoms in total. The first kappa shape index (κ1) is 11.6. The van der Waals surface area contributed by atoms with E-state index in [1.54, 1.807) is 6.92 Å². The minimum absolute atomic E-state index is 0.136. The van der Waals surface area contributed by atoms with Gasteiger partial charge in [-0.2, -0.15) is 0 Å². The first-order valence-electron chi connectivity index (χ1n) is 5.83. The highest BCUT2D eigenvalue weighted by atomic mass is 19.1. The zero-order valence-corrected chi connectivity index (χ0v) is 9.63. The van der Waals surface area contributed by atoms with Gasteiger partial charge in [-0.3, -0.25) is 0 Å². The van der Waals surface area contributed by atoms with Crippen molar-refractivity contribution < 1.29 is 9.13 Å². The topological polar surface area (TPSA) is 21.3 Å². The fourth-order valence-electron chi connectivity index (χ4n) is 2.00. The molecule has 0 aliphatic carbocycles. The van der Waals surface area contributed by atoms with Crippen LogP contribution in [-0.4, -0.2) is 19.3 Å². The Morgan fingerprint density at radius 1 is 1.50 bits per heavy atom. The van der Waals surface area contributed by atoms with E-state index < -0.39 is 0 Å². The number of nitrogens with one attached hydrogen (secondary N) is 1. The SMILES string of the molecule is Cc1cc(CNCC2CCCO2)ccc1F. The smallest absolute Gasteiger partial charge is 0.126 e. The van der Waals surface area contributed by atoms with Gasteiger partial charge < -0.3 is 10.1 Å². The Bertz CT molecular complexity index is 348. The van der Waals surface area contributed by atoms with Crippen LogP contribution in [0.2, 0.25) is 0 Å². The largest absolute Gasteiger partial charge is 0.377 e. The number of halogens is 1. The van der Waals surface area contributed by atoms with Gasteiger partial charge in [-0.15, -0.1) is 0 Å². The van der Waals surface area contributed by atoms with E-state index in [4.69, 9.17) is 4.74 Å². The lowest BCUT2D eigenvalue weighted by Gasteiger charge is -2.11. The lowest BCUT2D eigenvalue weighted by Crippen LogP contribution is -2.25. The molecule has 1 N–H and O–H groups in total. The van der Waals surface area contributed by atoms with Crippen LogP contribution in [0.4, 0.5) is 4.39 Å². The third kappa shape index (κ3) is 3.03. The summed E-state index contributed by atoms with van der Waals surface area (Å²) in [5, 5.41) is 3.34. The number of hydrogen-bond acceptors (Lipinski definition) is 2. The molecule has 0 aromatic heterocycles. The highest BCUT2D eigenvalue weighted by Crippen LogP contribution is 2.12. The fraction of sp³-hybridized carbons (Fsp3) is 0.538. The molecule has 1 heterocycles. The molecular weight excluding hydrogens is 205 g/mol. The number of rotatable bonds is 4. The molecule has 0 amide bonds. The van der Waals surface area contributed by atoms with E-state index in [1.807, 2.05) is 12.1 Å². The van der Waals surface area contributed by atoms with Crippen molar-refractivity contribution in [1.29, 1.82) is 0 Å². The van der Waals surface area contributed by atoms with Crippen LogP contribution in [0.5, 0.6) is 0 Å². The quantitative estimate of drug-likeness (QED) is 0.846. The van der Waals surface area contributed by atoms with E-state index in [-0.39, 0.29) is 5.82 Å². The lowest BCUT2D eigenvalue weighted by molar-refractivity contribution is 0.110. The summed E-state index contributed by atoms with van der Waals surface area (Å²) in [6, 6.07) is 5.24. The number of benzene rings is 1. The highest BCUT2D eigenvalue weighted by Gasteiger charge is 2.14. The molecule has 1 aliphatic heterocycles. The predicted molar refractivity (Wildman–Crippen MR) is 61.8 cm³/mol. The summed E-state index contributed by atoms with van der Waals surface area (Å²) in [6.07, 6.45) is 2.68. The monoisotopic (exact) mass is 223 g/mol. The van der Waals surface area contributed by atoms with Crippen LogP contribution in [0.1, 0.15) is 24.0 Å². The molecule has 1 aromatic carbocycles. The normalized spacial score (nSPS) is 20.2. The predicted octanol–water partition coefficient (Wildman–Crippen LogP) is 2.40. The van der Waals surface area contributed by atoms with Gasteiger partial charge in [0.1, 0.15) is 5.82 Å². The van der Waals surface area contributed by atoms with E-state index in [2.05, 4.69) is 5.32 Å². The molecule has 1 unspecified atom stereocenters. The Morgan fingerprint density at radius 3 is 3.06 bits per heavy atom. The molecule has 2 rings (SSSR count). The van der Waals surface area contributed by atoms with Gasteiger partial charge in [-0.05, 0) is 37.0 Å². The van der Waals surface area contributed by atoms with Crippen molar-refractivity contribution in [3.05, 3.63) is 35.1 Å². The molecule has 0 bridgehead atoms. The Balaban J connectivity index is 1.78. The Hall–Kier alpha value is -0.930. The summed E-state index contributed by atoms with van der Waals surface area (Å²) in [4.78, 5) is 0. The summed E-state index contributed by atoms with van der Waals surface area (Å²) in [5.74, 6) is -0.136. The van der Waals surface area contributed by atoms with E-state index >= 15 is 0 Å². The molecular formula is C13H18FNO. The van der Waals surface area contributed by atoms with E-state index in [0.717, 1.165) is 31.7 Å². The van der Waals surface area contributed by atoms with Gasteiger partial charge in [-0.1, -0.05) is 12.1 Å². The summed E-state index contributed by atoms with van der Waals surface area (Å²) in [7, 11) is 0. The molecule has 0 saturated carbocycles. The van der Waals surface area contributed by atoms with Gasteiger partial charge in [0.05, 0.1) is 6.10 Å². The maximum absolute atomic E-state index is 13.0. The third-order valence-electron chi connectivity index (χ3n) is 2.95. The van der Waals surface area contributed by atoms with Crippen molar-refractivity contribution in [2.75, 3.05) is 13.2 Å². The second-order valence-electron chi connectivity index (χ2n) is 4.35. The van der Waals surface area contributed by atoms with Gasteiger partial charge in [-0.25, -0.2) is 4.39 Å². The van der Waals surface area contributed by atoms with Crippen molar-refractivity contribution in [3.8, 4) is 0 Å². The molecule has 1 aliphatic rings. The minimum Gasteiger partial charge on any atom is -0.377 e. The number of aryl methyl sites for hydroxylation is 1. The molecule has 0 spiro atoms. The van der Waals surface area contributed by atoms with Crippen LogP contribution in [0, 0.1) is 12.7 Å². The average molecular weight is 223 g/mol. The fourth-order valence-corrected chi connectivity index (χ4v) is 2.00. The van der Waals surface area contributed by atoms with Crippen molar-refractivity contribution in [2.45, 2.75) is 32.4 Å². The Labute approximate surface area is 95.8 Å². The van der Waals surface area contributed by atoms with Crippen LogP contribution < -0.4 is 5.32 Å². The molecule has 16 heavy (non-hydrogen) atoms. The number of hydrogen-bond donors (Lipinski definition) is 1. The zero-order chi connectivity index (χ0) is 11.4. The maximum atomic E-state index is 13.0. The first-order chi connectivity index (χ1) is 7.75. The van der Waals surface area contributed by atoms with Crippen molar-refractivity contribution in [2.24, 2.45) is 0 Å². The Morgan fingerprint density at radius 2 is 2.38 bits per heavy atom. The van der Waals surface area contributed by atoms with E-state index in [9.17, 15) is 4.39 Å². The standard InChI is InChI=1S/C13H18FNO/c1-10-7-11(4-5-13(10)14)8-15-9-12-3-2-6-16-12/h4-5,7,12,15H,2-3,6,8-9H2,1H3. The van der Waals surface area contributed by atoms with Gasteiger partial charge in [0.2, 0.25) is 0 Å². The van der Waals surface area contributed by atoms with Crippen LogP contribution in [0.25, 0.3) is 0 Å². The molecule has 88 valence electrons. The van der Waals surface area contributed by atoms with E-state index in [1.165, 1.54) is 12.5 Å². The van der Waals surface area contributed by atoms with Gasteiger partial charge in [0, 0.05) is 19.7 Å². The minimum atomic E-state index is -0.136. The lowest BCUT2D eigenvalue weighted by atomic mass is 10.1. The summed E-state index contributed by atoms with van der Waals surface area (Å²) >= 11 is 0. The molecule has 1 aromatic rings. The third-order valence-corrected chi connectivity index (χ3v) is 2.95. The van der Waals surface area contributed by atoms with Gasteiger partial charge in [0.25, 0.3) is 0 Å². The summed E-state index contributed by atoms with van der Waals surface area (Å²) in [5.41, 5.74) is 1.83. The zero-order valence-electron chi connectivity index (χ0n) is 9.63. The number of ether oxygens (including phenoxy) is 1. The van der Waals surface area contributed by atoms with Crippen LogP contribution in [0.3, 0.4) is 0 Å². The molecule has 1 atom stereocenters. The molecule has 0 radical (unpaired) electrons. The summed E-state index contributed by atoms with van der Waals surface area (Å²) in [6.45, 7) is 4.35. The highest BCUT2D eigenvalue weighted by molar-refractivity contribution is 5.23. The molecule has 1 saturated heterocycles. The van der Waals surface area contributed by atoms with Gasteiger partial charge >= 0.3 is 0 Å². The van der Waals surface area contributed by atoms with Crippen LogP contribution in [-0.2, 0) is 11.3 Å². The summed E-state index contributed by atoms with van der Waals surface area (Å²) < 4.78 is 18.5. The van der Waals surface area contributed by atoms with Crippen molar-refractivity contribution in [1.82, 2.24) is 5.32 Å². The van der Waals surface area contributed by atoms with Gasteiger partial charge in [0.15, 0.2) is 0 Å². The van der Waals surface area contributed by atoms with Crippen molar-refractivity contribution in [3.63, 3.8) is 0 Å². The Kier molecular flexibility index (Phi) is 3.91. The van der Waals surface area contributed by atoms with Crippen LogP contribution in [0.15, 0.2) is 18.2 Å². The maximum Gasteiger partial charge on any atom is 0.126 e.